The van der Waals surface area contributed by atoms with E-state index in [1.807, 2.05) is 30.3 Å². The molecule has 3 rings (SSSR count). The standard InChI is InChI=1S/C16H15BrN2O2/c1-21-10-5-6-13(17)12(9-10)16(20)19-8-7-11-14(18)3-2-4-15(11)19/h2-6,9H,7-8,18H2,1H3. The molecule has 1 amide bonds. The van der Waals surface area contributed by atoms with E-state index in [1.165, 1.54) is 0 Å². The first kappa shape index (κ1) is 13.9. The van der Waals surface area contributed by atoms with Crippen molar-refractivity contribution in [3.63, 3.8) is 0 Å². The van der Waals surface area contributed by atoms with Crippen molar-refractivity contribution in [1.29, 1.82) is 0 Å². The number of carbonyl (C=O) groups excluding carboxylic acids is 1. The van der Waals surface area contributed by atoms with Gasteiger partial charge in [0.1, 0.15) is 5.75 Å². The number of ether oxygens (including phenoxy) is 1. The van der Waals surface area contributed by atoms with Gasteiger partial charge in [-0.2, -0.15) is 0 Å². The van der Waals surface area contributed by atoms with E-state index in [-0.39, 0.29) is 5.91 Å². The number of halogens is 1. The molecule has 0 saturated carbocycles. The predicted octanol–water partition coefficient (Wildman–Crippen LogP) is 3.24. The zero-order chi connectivity index (χ0) is 15.0. The lowest BCUT2D eigenvalue weighted by Gasteiger charge is -2.18. The largest absolute Gasteiger partial charge is 0.497 e. The van der Waals surface area contributed by atoms with Crippen LogP contribution in [0.3, 0.4) is 0 Å². The Morgan fingerprint density at radius 2 is 2.14 bits per heavy atom. The van der Waals surface area contributed by atoms with Crippen molar-refractivity contribution in [3.05, 3.63) is 52.0 Å². The molecule has 0 spiro atoms. The molecule has 0 radical (unpaired) electrons. The molecule has 21 heavy (non-hydrogen) atoms. The Hall–Kier alpha value is -2.01. The van der Waals surface area contributed by atoms with Crippen LogP contribution in [-0.2, 0) is 6.42 Å². The molecule has 1 heterocycles. The summed E-state index contributed by atoms with van der Waals surface area (Å²) < 4.78 is 5.95. The van der Waals surface area contributed by atoms with Crippen molar-refractivity contribution in [1.82, 2.24) is 0 Å². The average Bonchev–Trinajstić information content (AvgIpc) is 2.92. The van der Waals surface area contributed by atoms with Crippen LogP contribution >= 0.6 is 15.9 Å². The Labute approximate surface area is 131 Å². The number of nitrogens with zero attached hydrogens (tertiary/aromatic N) is 1. The van der Waals surface area contributed by atoms with E-state index >= 15 is 0 Å². The van der Waals surface area contributed by atoms with Gasteiger partial charge in [0.05, 0.1) is 12.7 Å². The fourth-order valence-corrected chi connectivity index (χ4v) is 3.03. The summed E-state index contributed by atoms with van der Waals surface area (Å²) in [6.45, 7) is 0.645. The van der Waals surface area contributed by atoms with Crippen LogP contribution in [0.15, 0.2) is 40.9 Å². The van der Waals surface area contributed by atoms with E-state index in [9.17, 15) is 4.79 Å². The topological polar surface area (TPSA) is 55.6 Å². The second-order valence-corrected chi connectivity index (χ2v) is 5.75. The maximum absolute atomic E-state index is 12.8. The molecule has 2 N–H and O–H groups in total. The van der Waals surface area contributed by atoms with Gasteiger partial charge in [0, 0.05) is 28.0 Å². The first-order valence-corrected chi connectivity index (χ1v) is 7.44. The lowest BCUT2D eigenvalue weighted by atomic mass is 10.1. The Balaban J connectivity index is 2.00. The number of rotatable bonds is 2. The third-order valence-electron chi connectivity index (χ3n) is 3.71. The first-order chi connectivity index (χ1) is 10.1. The Morgan fingerprint density at radius 3 is 2.90 bits per heavy atom. The molecule has 1 aliphatic rings. The molecule has 2 aromatic carbocycles. The van der Waals surface area contributed by atoms with Crippen LogP contribution in [-0.4, -0.2) is 19.6 Å². The van der Waals surface area contributed by atoms with Crippen molar-refractivity contribution >= 4 is 33.2 Å². The molecular formula is C16H15BrN2O2. The van der Waals surface area contributed by atoms with Gasteiger partial charge in [0.2, 0.25) is 0 Å². The molecule has 108 valence electrons. The smallest absolute Gasteiger partial charge is 0.259 e. The minimum Gasteiger partial charge on any atom is -0.497 e. The van der Waals surface area contributed by atoms with Crippen LogP contribution in [0.1, 0.15) is 15.9 Å². The Bertz CT molecular complexity index is 715. The number of nitrogen functional groups attached to an aromatic ring is 1. The molecule has 0 unspecified atom stereocenters. The zero-order valence-electron chi connectivity index (χ0n) is 11.6. The SMILES string of the molecule is COc1ccc(Br)c(C(=O)N2CCc3c(N)cccc32)c1. The van der Waals surface area contributed by atoms with E-state index in [2.05, 4.69) is 15.9 Å². The number of hydrogen-bond acceptors (Lipinski definition) is 3. The van der Waals surface area contributed by atoms with Crippen LogP contribution < -0.4 is 15.4 Å². The highest BCUT2D eigenvalue weighted by Crippen LogP contribution is 2.34. The summed E-state index contributed by atoms with van der Waals surface area (Å²) in [5, 5.41) is 0. The number of amides is 1. The summed E-state index contributed by atoms with van der Waals surface area (Å²) in [4.78, 5) is 14.6. The summed E-state index contributed by atoms with van der Waals surface area (Å²) in [6, 6.07) is 11.1. The summed E-state index contributed by atoms with van der Waals surface area (Å²) in [6.07, 6.45) is 0.787. The normalized spacial score (nSPS) is 13.1. The van der Waals surface area contributed by atoms with Gasteiger partial charge in [0.15, 0.2) is 0 Å². The summed E-state index contributed by atoms with van der Waals surface area (Å²) >= 11 is 3.43. The Morgan fingerprint density at radius 1 is 1.33 bits per heavy atom. The maximum Gasteiger partial charge on any atom is 0.259 e. The Kier molecular flexibility index (Phi) is 3.59. The van der Waals surface area contributed by atoms with Crippen molar-refractivity contribution in [2.45, 2.75) is 6.42 Å². The summed E-state index contributed by atoms with van der Waals surface area (Å²) in [5.41, 5.74) is 9.26. The van der Waals surface area contributed by atoms with Gasteiger partial charge in [-0.25, -0.2) is 0 Å². The molecule has 5 heteroatoms. The lowest BCUT2D eigenvalue weighted by Crippen LogP contribution is -2.29. The van der Waals surface area contributed by atoms with Gasteiger partial charge in [-0.3, -0.25) is 4.79 Å². The number of anilines is 2. The van der Waals surface area contributed by atoms with Gasteiger partial charge >= 0.3 is 0 Å². The van der Waals surface area contributed by atoms with Crippen LogP contribution in [0, 0.1) is 0 Å². The average molecular weight is 347 g/mol. The minimum atomic E-state index is -0.0508. The van der Waals surface area contributed by atoms with Gasteiger partial charge < -0.3 is 15.4 Å². The molecule has 0 bridgehead atoms. The van der Waals surface area contributed by atoms with E-state index < -0.39 is 0 Å². The molecule has 4 nitrogen and oxygen atoms in total. The summed E-state index contributed by atoms with van der Waals surface area (Å²) in [7, 11) is 1.59. The van der Waals surface area contributed by atoms with E-state index in [0.29, 0.717) is 17.9 Å². The number of carbonyl (C=O) groups is 1. The number of nitrogens with two attached hydrogens (primary N) is 1. The molecule has 2 aromatic rings. The van der Waals surface area contributed by atoms with Gasteiger partial charge in [0.25, 0.3) is 5.91 Å². The van der Waals surface area contributed by atoms with Crippen LogP contribution in [0.4, 0.5) is 11.4 Å². The van der Waals surface area contributed by atoms with Crippen molar-refractivity contribution in [2.75, 3.05) is 24.3 Å². The van der Waals surface area contributed by atoms with Crippen LogP contribution in [0.5, 0.6) is 5.75 Å². The van der Waals surface area contributed by atoms with E-state index in [1.54, 1.807) is 18.1 Å². The zero-order valence-corrected chi connectivity index (χ0v) is 13.2. The molecule has 0 saturated heterocycles. The molecular weight excluding hydrogens is 332 g/mol. The fraction of sp³-hybridized carbons (Fsp3) is 0.188. The fourth-order valence-electron chi connectivity index (χ4n) is 2.61. The van der Waals surface area contributed by atoms with E-state index in [0.717, 1.165) is 27.8 Å². The van der Waals surface area contributed by atoms with Crippen molar-refractivity contribution in [2.24, 2.45) is 0 Å². The van der Waals surface area contributed by atoms with Gasteiger partial charge in [-0.1, -0.05) is 6.07 Å². The van der Waals surface area contributed by atoms with Crippen molar-refractivity contribution in [3.8, 4) is 5.75 Å². The molecule has 0 aliphatic carbocycles. The van der Waals surface area contributed by atoms with Gasteiger partial charge in [-0.15, -0.1) is 0 Å². The maximum atomic E-state index is 12.8. The quantitative estimate of drug-likeness (QED) is 0.849. The number of fused-ring (bicyclic) bond motifs is 1. The number of methoxy groups -OCH3 is 1. The summed E-state index contributed by atoms with van der Waals surface area (Å²) in [5.74, 6) is 0.610. The second-order valence-electron chi connectivity index (χ2n) is 4.90. The second kappa shape index (κ2) is 5.41. The third kappa shape index (κ3) is 2.38. The highest BCUT2D eigenvalue weighted by atomic mass is 79.9. The molecule has 0 fully saturated rings. The molecule has 0 atom stereocenters. The minimum absolute atomic E-state index is 0.0508. The monoisotopic (exact) mass is 346 g/mol. The third-order valence-corrected chi connectivity index (χ3v) is 4.40. The lowest BCUT2D eigenvalue weighted by molar-refractivity contribution is 0.0988. The highest BCUT2D eigenvalue weighted by molar-refractivity contribution is 9.10. The van der Waals surface area contributed by atoms with Crippen molar-refractivity contribution < 1.29 is 9.53 Å². The number of hydrogen-bond donors (Lipinski definition) is 1. The molecule has 0 aromatic heterocycles. The predicted molar refractivity (Wildman–Crippen MR) is 86.9 cm³/mol. The van der Waals surface area contributed by atoms with Crippen LogP contribution in [0.2, 0.25) is 0 Å². The number of benzene rings is 2. The van der Waals surface area contributed by atoms with Crippen LogP contribution in [0.25, 0.3) is 0 Å². The first-order valence-electron chi connectivity index (χ1n) is 6.64. The van der Waals surface area contributed by atoms with Gasteiger partial charge in [-0.05, 0) is 52.7 Å². The van der Waals surface area contributed by atoms with E-state index in [4.69, 9.17) is 10.5 Å². The molecule has 1 aliphatic heterocycles. The highest BCUT2D eigenvalue weighted by Gasteiger charge is 2.28.